The first-order chi connectivity index (χ1) is 4.79. The van der Waals surface area contributed by atoms with Crippen LogP contribution in [0.4, 0.5) is 0 Å². The zero-order valence-electron chi connectivity index (χ0n) is 5.75. The summed E-state index contributed by atoms with van der Waals surface area (Å²) in [6, 6.07) is 0. The van der Waals surface area contributed by atoms with Crippen molar-refractivity contribution in [2.24, 2.45) is 11.8 Å². The van der Waals surface area contributed by atoms with Crippen LogP contribution in [0.3, 0.4) is 0 Å². The quantitative estimate of drug-likeness (QED) is 0.323. The zero-order valence-corrected chi connectivity index (χ0v) is 5.75. The molecule has 0 spiro atoms. The lowest BCUT2D eigenvalue weighted by molar-refractivity contribution is -0.125. The lowest BCUT2D eigenvalue weighted by atomic mass is 9.98. The van der Waals surface area contributed by atoms with E-state index in [1.54, 1.807) is 6.08 Å². The summed E-state index contributed by atoms with van der Waals surface area (Å²) < 4.78 is 0. The van der Waals surface area contributed by atoms with E-state index in [0.717, 1.165) is 12.7 Å². The van der Waals surface area contributed by atoms with Gasteiger partial charge in [0.05, 0.1) is 5.92 Å². The summed E-state index contributed by atoms with van der Waals surface area (Å²) in [5.41, 5.74) is 0. The summed E-state index contributed by atoms with van der Waals surface area (Å²) >= 11 is 0. The minimum atomic E-state index is -0.391. The predicted octanol–water partition coefficient (Wildman–Crippen LogP) is 0.967. The van der Waals surface area contributed by atoms with E-state index in [0.29, 0.717) is 6.42 Å². The molecule has 0 N–H and O–H groups in total. The van der Waals surface area contributed by atoms with Crippen LogP contribution in [0.1, 0.15) is 12.8 Å². The van der Waals surface area contributed by atoms with Gasteiger partial charge in [-0.15, -0.1) is 6.58 Å². The van der Waals surface area contributed by atoms with Crippen molar-refractivity contribution in [3.05, 3.63) is 12.7 Å². The fraction of sp³-hybridized carbons (Fsp3) is 0.500. The van der Waals surface area contributed by atoms with Crippen LogP contribution in [0.2, 0.25) is 0 Å². The van der Waals surface area contributed by atoms with E-state index in [4.69, 9.17) is 0 Å². The Morgan fingerprint density at radius 1 is 1.60 bits per heavy atom. The molecule has 1 rings (SSSR count). The van der Waals surface area contributed by atoms with Crippen molar-refractivity contribution in [2.45, 2.75) is 12.8 Å². The van der Waals surface area contributed by atoms with Crippen molar-refractivity contribution < 1.29 is 9.59 Å². The SMILES string of the molecule is C=CC1CCC(=O)C1C=O. The Morgan fingerprint density at radius 3 is 2.70 bits per heavy atom. The molecule has 2 unspecified atom stereocenters. The van der Waals surface area contributed by atoms with Gasteiger partial charge >= 0.3 is 0 Å². The summed E-state index contributed by atoms with van der Waals surface area (Å²) in [6.45, 7) is 3.56. The number of rotatable bonds is 2. The number of Topliss-reactive ketones (excluding diaryl/α,β-unsaturated/α-hetero) is 1. The molecule has 54 valence electrons. The van der Waals surface area contributed by atoms with Crippen molar-refractivity contribution in [1.82, 2.24) is 0 Å². The van der Waals surface area contributed by atoms with Gasteiger partial charge in [0.2, 0.25) is 0 Å². The molecule has 2 heteroatoms. The first kappa shape index (κ1) is 7.19. The normalized spacial score (nSPS) is 32.2. The molecule has 0 radical (unpaired) electrons. The monoisotopic (exact) mass is 138 g/mol. The average Bonchev–Trinajstić information content (AvgIpc) is 2.30. The summed E-state index contributed by atoms with van der Waals surface area (Å²) in [5.74, 6) is -0.220. The third-order valence-electron chi connectivity index (χ3n) is 2.01. The van der Waals surface area contributed by atoms with E-state index in [1.807, 2.05) is 0 Å². The van der Waals surface area contributed by atoms with Crippen LogP contribution in [0.15, 0.2) is 12.7 Å². The number of ketones is 1. The summed E-state index contributed by atoms with van der Waals surface area (Å²) in [7, 11) is 0. The first-order valence-corrected chi connectivity index (χ1v) is 3.40. The zero-order chi connectivity index (χ0) is 7.56. The lowest BCUT2D eigenvalue weighted by Crippen LogP contribution is -2.13. The van der Waals surface area contributed by atoms with Crippen molar-refractivity contribution in [3.8, 4) is 0 Å². The highest BCUT2D eigenvalue weighted by Gasteiger charge is 2.31. The van der Waals surface area contributed by atoms with E-state index in [1.165, 1.54) is 0 Å². The lowest BCUT2D eigenvalue weighted by Gasteiger charge is -2.04. The van der Waals surface area contributed by atoms with Gasteiger partial charge in [-0.2, -0.15) is 0 Å². The molecule has 1 fully saturated rings. The maximum absolute atomic E-state index is 10.9. The molecule has 2 nitrogen and oxygen atoms in total. The van der Waals surface area contributed by atoms with Gasteiger partial charge in [-0.25, -0.2) is 0 Å². The molecular formula is C8H10O2. The topological polar surface area (TPSA) is 34.1 Å². The second-order valence-electron chi connectivity index (χ2n) is 2.57. The highest BCUT2D eigenvalue weighted by atomic mass is 16.1. The Bertz CT molecular complexity index is 172. The van der Waals surface area contributed by atoms with Crippen molar-refractivity contribution in [3.63, 3.8) is 0 Å². The van der Waals surface area contributed by atoms with Gasteiger partial charge in [-0.3, -0.25) is 4.79 Å². The molecule has 0 aromatic heterocycles. The van der Waals surface area contributed by atoms with Crippen LogP contribution in [0.5, 0.6) is 0 Å². The van der Waals surface area contributed by atoms with Crippen LogP contribution < -0.4 is 0 Å². The van der Waals surface area contributed by atoms with Crippen LogP contribution in [0.25, 0.3) is 0 Å². The number of allylic oxidation sites excluding steroid dienone is 1. The maximum Gasteiger partial charge on any atom is 0.143 e. The fourth-order valence-corrected chi connectivity index (χ4v) is 1.34. The number of carbonyl (C=O) groups is 2. The minimum absolute atomic E-state index is 0.0694. The fourth-order valence-electron chi connectivity index (χ4n) is 1.34. The van der Waals surface area contributed by atoms with E-state index in [-0.39, 0.29) is 11.7 Å². The van der Waals surface area contributed by atoms with Gasteiger partial charge in [-0.05, 0) is 12.3 Å². The van der Waals surface area contributed by atoms with E-state index >= 15 is 0 Å². The highest BCUT2D eigenvalue weighted by molar-refractivity contribution is 5.95. The standard InChI is InChI=1S/C8H10O2/c1-2-6-3-4-8(10)7(6)5-9/h2,5-7H,1,3-4H2. The Kier molecular flexibility index (Phi) is 2.00. The van der Waals surface area contributed by atoms with Crippen LogP contribution in [0, 0.1) is 11.8 Å². The van der Waals surface area contributed by atoms with Crippen LogP contribution in [-0.4, -0.2) is 12.1 Å². The Labute approximate surface area is 59.9 Å². The third-order valence-corrected chi connectivity index (χ3v) is 2.01. The Hall–Kier alpha value is -0.920. The van der Waals surface area contributed by atoms with Crippen molar-refractivity contribution >= 4 is 12.1 Å². The molecule has 1 aliphatic carbocycles. The summed E-state index contributed by atoms with van der Waals surface area (Å²) in [6.07, 6.45) is 3.78. The van der Waals surface area contributed by atoms with E-state index < -0.39 is 5.92 Å². The van der Waals surface area contributed by atoms with Crippen LogP contribution in [-0.2, 0) is 9.59 Å². The second-order valence-corrected chi connectivity index (χ2v) is 2.57. The van der Waals surface area contributed by atoms with E-state index in [2.05, 4.69) is 6.58 Å². The average molecular weight is 138 g/mol. The van der Waals surface area contributed by atoms with Gasteiger partial charge in [-0.1, -0.05) is 6.08 Å². The van der Waals surface area contributed by atoms with Gasteiger partial charge in [0.25, 0.3) is 0 Å². The molecule has 0 aromatic rings. The van der Waals surface area contributed by atoms with Crippen molar-refractivity contribution in [1.29, 1.82) is 0 Å². The molecule has 0 saturated heterocycles. The molecule has 0 aliphatic heterocycles. The van der Waals surface area contributed by atoms with Crippen molar-refractivity contribution in [2.75, 3.05) is 0 Å². The first-order valence-electron chi connectivity index (χ1n) is 3.40. The largest absolute Gasteiger partial charge is 0.303 e. The van der Waals surface area contributed by atoms with E-state index in [9.17, 15) is 9.59 Å². The molecule has 10 heavy (non-hydrogen) atoms. The molecule has 1 aliphatic rings. The molecular weight excluding hydrogens is 128 g/mol. The number of hydrogen-bond acceptors (Lipinski definition) is 2. The highest BCUT2D eigenvalue weighted by Crippen LogP contribution is 2.27. The Morgan fingerprint density at radius 2 is 2.30 bits per heavy atom. The molecule has 0 aromatic carbocycles. The third kappa shape index (κ3) is 1.01. The van der Waals surface area contributed by atoms with Gasteiger partial charge in [0.15, 0.2) is 0 Å². The molecule has 0 bridgehead atoms. The molecule has 0 amide bonds. The molecule has 0 heterocycles. The number of carbonyl (C=O) groups excluding carboxylic acids is 2. The Balaban J connectivity index is 2.71. The van der Waals surface area contributed by atoms with Gasteiger partial charge in [0.1, 0.15) is 12.1 Å². The number of aldehydes is 1. The van der Waals surface area contributed by atoms with Gasteiger partial charge < -0.3 is 4.79 Å². The summed E-state index contributed by atoms with van der Waals surface area (Å²) in [4.78, 5) is 21.2. The van der Waals surface area contributed by atoms with Gasteiger partial charge in [0, 0.05) is 6.42 Å². The molecule has 1 saturated carbocycles. The summed E-state index contributed by atoms with van der Waals surface area (Å²) in [5, 5.41) is 0. The predicted molar refractivity (Wildman–Crippen MR) is 37.5 cm³/mol. The number of hydrogen-bond donors (Lipinski definition) is 0. The maximum atomic E-state index is 10.9. The van der Waals surface area contributed by atoms with Crippen LogP contribution >= 0.6 is 0 Å². The minimum Gasteiger partial charge on any atom is -0.303 e. The second kappa shape index (κ2) is 2.78. The smallest absolute Gasteiger partial charge is 0.143 e. The molecule has 2 atom stereocenters.